The molecule has 3 N–H and O–H groups in total. The molecule has 67 heavy (non-hydrogen) atoms. The largest absolute Gasteiger partial charge is 0.459 e. The van der Waals surface area contributed by atoms with Gasteiger partial charge >= 0.3 is 6.09 Å². The number of hydrogen-bond acceptors (Lipinski definition) is 10. The van der Waals surface area contributed by atoms with Gasteiger partial charge in [-0.25, -0.2) is 4.79 Å². The standard InChI is InChI=1S/C55H81N3O9/c1-4-7-8-9-10-11-12-13-17-28-50(61)58(32-5-2)49-39-47(57-67-51-29-20-23-36-63-51)45-37-42(26-18-21-33-59)44(27-19-22-34-60)52-46-38-43(65-54(62)56-40-41-24-15-14-16-25-41)30-31-48(46)66-55(49,53(45)52)64-35-6-3/h6,14-16,24-25,30-31,37-38,42,44,49,51-53,59-60H,3-5,7-13,17-23,26-29,32-36,39-40H2,1-2H3,(H,56,62)/t42-,44+,49-,51?,52+,53+,55+/m0/s1. The van der Waals surface area contributed by atoms with E-state index in [4.69, 9.17) is 28.9 Å². The lowest BCUT2D eigenvalue weighted by atomic mass is 9.55. The van der Waals surface area contributed by atoms with Crippen LogP contribution in [0.1, 0.15) is 166 Å². The number of benzene rings is 2. The van der Waals surface area contributed by atoms with Crippen LogP contribution in [0.2, 0.25) is 0 Å². The lowest BCUT2D eigenvalue weighted by molar-refractivity contribution is -0.257. The Bertz CT molecular complexity index is 1880. The smallest absolute Gasteiger partial charge is 0.412 e. The molecular formula is C55H81N3O9. The normalized spacial score (nSPS) is 24.7. The third-order valence-corrected chi connectivity index (χ3v) is 14.2. The van der Waals surface area contributed by atoms with Crippen LogP contribution in [0, 0.1) is 17.8 Å². The first-order chi connectivity index (χ1) is 32.9. The van der Waals surface area contributed by atoms with Crippen molar-refractivity contribution in [3.05, 3.63) is 84.0 Å². The number of hydrogen-bond donors (Lipinski definition) is 3. The van der Waals surface area contributed by atoms with Crippen molar-refractivity contribution in [1.82, 2.24) is 10.2 Å². The molecule has 2 aromatic rings. The molecule has 0 radical (unpaired) electrons. The maximum atomic E-state index is 14.9. The van der Waals surface area contributed by atoms with Crippen molar-refractivity contribution < 1.29 is 43.6 Å². The maximum Gasteiger partial charge on any atom is 0.412 e. The highest BCUT2D eigenvalue weighted by Crippen LogP contribution is 2.62. The van der Waals surface area contributed by atoms with Crippen LogP contribution < -0.4 is 14.8 Å². The molecule has 0 aromatic heterocycles. The molecule has 12 heteroatoms. The Morgan fingerprint density at radius 3 is 2.36 bits per heavy atom. The van der Waals surface area contributed by atoms with Gasteiger partial charge in [0.05, 0.1) is 24.8 Å². The lowest BCUT2D eigenvalue weighted by Gasteiger charge is -2.60. The average Bonchev–Trinajstić information content (AvgIpc) is 3.35. The summed E-state index contributed by atoms with van der Waals surface area (Å²) in [6, 6.07) is 14.7. The Morgan fingerprint density at radius 1 is 0.910 bits per heavy atom. The fraction of sp³-hybridized carbons (Fsp3) is 0.655. The summed E-state index contributed by atoms with van der Waals surface area (Å²) in [6.45, 7) is 10.3. The fourth-order valence-corrected chi connectivity index (χ4v) is 11.0. The van der Waals surface area contributed by atoms with Gasteiger partial charge in [0.1, 0.15) is 17.5 Å². The van der Waals surface area contributed by atoms with Gasteiger partial charge in [0.2, 0.25) is 18.0 Å². The number of unbranched alkanes of at least 4 members (excludes halogenated alkanes) is 10. The number of amides is 2. The monoisotopic (exact) mass is 928 g/mol. The number of fused-ring (bicyclic) bond motifs is 2. The number of carbonyl (C=O) groups is 2. The van der Waals surface area contributed by atoms with Crippen molar-refractivity contribution in [3.8, 4) is 11.5 Å². The Kier molecular flexibility index (Phi) is 21.5. The Hall–Kier alpha value is -4.23. The molecule has 1 saturated carbocycles. The van der Waals surface area contributed by atoms with Crippen LogP contribution in [0.4, 0.5) is 4.79 Å². The van der Waals surface area contributed by atoms with Crippen molar-refractivity contribution in [2.24, 2.45) is 22.9 Å². The van der Waals surface area contributed by atoms with Crippen LogP contribution in [0.15, 0.2) is 78.0 Å². The molecule has 2 aliphatic heterocycles. The summed E-state index contributed by atoms with van der Waals surface area (Å²) in [5, 5.41) is 27.9. The van der Waals surface area contributed by atoms with Crippen LogP contribution in [-0.4, -0.2) is 83.9 Å². The molecule has 2 amide bonds. The SMILES string of the molecule is C=CCO[C@@]12Oc3ccc(OC(=O)NCc4ccccc4)cc3[C@H]3[C@H](CCCCO)[C@@H](CCCCO)C=C(C(=NOC4CCCCO4)C[C@@H]1N(CCC)C(=O)CCCCCCCCCCC)[C@H]32. The van der Waals surface area contributed by atoms with E-state index in [-0.39, 0.29) is 43.5 Å². The molecule has 370 valence electrons. The maximum absolute atomic E-state index is 14.9. The summed E-state index contributed by atoms with van der Waals surface area (Å²) in [7, 11) is 0. The van der Waals surface area contributed by atoms with Gasteiger partial charge < -0.3 is 44.2 Å². The number of aliphatic hydroxyl groups is 2. The van der Waals surface area contributed by atoms with E-state index in [9.17, 15) is 19.8 Å². The predicted octanol–water partition coefficient (Wildman–Crippen LogP) is 11.3. The number of ether oxygens (including phenoxy) is 4. The zero-order valence-corrected chi connectivity index (χ0v) is 40.7. The first-order valence-electron chi connectivity index (χ1n) is 26.0. The minimum absolute atomic E-state index is 0.0374. The Balaban J connectivity index is 1.43. The number of nitrogens with one attached hydrogen (secondary N) is 1. The van der Waals surface area contributed by atoms with Gasteiger partial charge in [0.25, 0.3) is 0 Å². The average molecular weight is 928 g/mol. The summed E-state index contributed by atoms with van der Waals surface area (Å²) in [5.41, 5.74) is 3.57. The van der Waals surface area contributed by atoms with Crippen molar-refractivity contribution in [1.29, 1.82) is 0 Å². The summed E-state index contributed by atoms with van der Waals surface area (Å²) >= 11 is 0. The molecule has 0 bridgehead atoms. The van der Waals surface area contributed by atoms with Crippen molar-refractivity contribution in [3.63, 3.8) is 0 Å². The number of carbonyl (C=O) groups excluding carboxylic acids is 2. The molecule has 4 aliphatic rings. The third kappa shape index (κ3) is 14.2. The van der Waals surface area contributed by atoms with Gasteiger partial charge in [-0.05, 0) is 92.5 Å². The van der Waals surface area contributed by atoms with Crippen LogP contribution in [0.3, 0.4) is 0 Å². The minimum Gasteiger partial charge on any atom is -0.459 e. The van der Waals surface area contributed by atoms with Crippen molar-refractivity contribution >= 4 is 17.7 Å². The summed E-state index contributed by atoms with van der Waals surface area (Å²) in [5.74, 6) is -0.857. The van der Waals surface area contributed by atoms with E-state index in [1.165, 1.54) is 38.5 Å². The van der Waals surface area contributed by atoms with Crippen molar-refractivity contribution in [2.45, 2.75) is 179 Å². The molecule has 2 aliphatic carbocycles. The molecule has 1 unspecified atom stereocenters. The van der Waals surface area contributed by atoms with Crippen LogP contribution in [0.5, 0.6) is 11.5 Å². The first-order valence-corrected chi connectivity index (χ1v) is 26.0. The molecule has 2 fully saturated rings. The second kappa shape index (κ2) is 27.7. The van der Waals surface area contributed by atoms with E-state index >= 15 is 0 Å². The molecule has 2 aromatic carbocycles. The van der Waals surface area contributed by atoms with Gasteiger partial charge in [-0.3, -0.25) is 4.79 Å². The number of allylic oxidation sites excluding steroid dienone is 1. The molecule has 0 spiro atoms. The van der Waals surface area contributed by atoms with E-state index in [0.29, 0.717) is 56.9 Å². The van der Waals surface area contributed by atoms with E-state index in [1.807, 2.05) is 47.4 Å². The number of oxime groups is 1. The van der Waals surface area contributed by atoms with Gasteiger partial charge in [-0.15, -0.1) is 6.58 Å². The molecule has 6 rings (SSSR count). The lowest BCUT2D eigenvalue weighted by Crippen LogP contribution is -2.70. The quantitative estimate of drug-likeness (QED) is 0.0412. The van der Waals surface area contributed by atoms with Crippen molar-refractivity contribution in [2.75, 3.05) is 33.0 Å². The van der Waals surface area contributed by atoms with Crippen LogP contribution >= 0.6 is 0 Å². The number of aliphatic hydroxyl groups excluding tert-OH is 2. The summed E-state index contributed by atoms with van der Waals surface area (Å²) in [4.78, 5) is 36.5. The highest BCUT2D eigenvalue weighted by molar-refractivity contribution is 6.03. The summed E-state index contributed by atoms with van der Waals surface area (Å²) in [6.07, 6.45) is 22.4. The van der Waals surface area contributed by atoms with E-state index < -0.39 is 30.1 Å². The molecular weight excluding hydrogens is 847 g/mol. The zero-order chi connectivity index (χ0) is 47.3. The molecule has 2 heterocycles. The first kappa shape index (κ1) is 52.1. The Labute approximate surface area is 400 Å². The Morgan fingerprint density at radius 2 is 1.66 bits per heavy atom. The van der Waals surface area contributed by atoms with E-state index in [1.54, 1.807) is 12.1 Å². The fourth-order valence-electron chi connectivity index (χ4n) is 11.0. The minimum atomic E-state index is -1.35. The number of nitrogens with zero attached hydrogens (tertiary/aromatic N) is 2. The highest BCUT2D eigenvalue weighted by atomic mass is 16.8. The van der Waals surface area contributed by atoms with E-state index in [0.717, 1.165) is 93.0 Å². The second-order valence-corrected chi connectivity index (χ2v) is 19.1. The predicted molar refractivity (Wildman–Crippen MR) is 263 cm³/mol. The van der Waals surface area contributed by atoms with E-state index in [2.05, 4.69) is 31.8 Å². The van der Waals surface area contributed by atoms with Gasteiger partial charge in [-0.1, -0.05) is 126 Å². The molecule has 12 nitrogen and oxygen atoms in total. The van der Waals surface area contributed by atoms with Crippen LogP contribution in [0.25, 0.3) is 0 Å². The molecule has 7 atom stereocenters. The van der Waals surface area contributed by atoms with Gasteiger partial charge in [-0.2, -0.15) is 0 Å². The van der Waals surface area contributed by atoms with Gasteiger partial charge in [0, 0.05) is 57.0 Å². The third-order valence-electron chi connectivity index (χ3n) is 14.2. The highest BCUT2D eigenvalue weighted by Gasteiger charge is 2.65. The second-order valence-electron chi connectivity index (χ2n) is 19.1. The zero-order valence-electron chi connectivity index (χ0n) is 40.7. The van der Waals surface area contributed by atoms with Crippen LogP contribution in [-0.2, 0) is 25.7 Å². The molecule has 1 saturated heterocycles. The van der Waals surface area contributed by atoms with Gasteiger partial charge in [0.15, 0.2) is 0 Å². The number of rotatable bonds is 29. The summed E-state index contributed by atoms with van der Waals surface area (Å²) < 4.78 is 26.6. The topological polar surface area (TPSA) is 148 Å².